The fourth-order valence-corrected chi connectivity index (χ4v) is 2.73. The predicted molar refractivity (Wildman–Crippen MR) is 81.4 cm³/mol. The van der Waals surface area contributed by atoms with Gasteiger partial charge in [-0.05, 0) is 56.5 Å². The minimum atomic E-state index is -0.864. The molecule has 0 spiro atoms. The van der Waals surface area contributed by atoms with Gasteiger partial charge in [-0.3, -0.25) is 0 Å². The molecule has 4 heteroatoms. The van der Waals surface area contributed by atoms with Crippen molar-refractivity contribution < 1.29 is 9.90 Å². The van der Waals surface area contributed by atoms with Gasteiger partial charge in [-0.15, -0.1) is 0 Å². The number of aromatic carboxylic acids is 1. The van der Waals surface area contributed by atoms with Gasteiger partial charge in [-0.2, -0.15) is 0 Å². The van der Waals surface area contributed by atoms with Crippen LogP contribution in [-0.2, 0) is 13.0 Å². The minimum Gasteiger partial charge on any atom is -0.478 e. The molecule has 0 aliphatic carbocycles. The van der Waals surface area contributed by atoms with Gasteiger partial charge in [0.1, 0.15) is 0 Å². The molecule has 4 nitrogen and oxygen atoms in total. The summed E-state index contributed by atoms with van der Waals surface area (Å²) in [5.41, 5.74) is 10.2. The molecule has 3 N–H and O–H groups in total. The van der Waals surface area contributed by atoms with Gasteiger partial charge in [0.05, 0.1) is 11.1 Å². The second-order valence-electron chi connectivity index (χ2n) is 5.20. The Morgan fingerprint density at radius 2 is 2.05 bits per heavy atom. The zero-order valence-electron chi connectivity index (χ0n) is 12.4. The summed E-state index contributed by atoms with van der Waals surface area (Å²) in [5, 5.41) is 10.6. The minimum absolute atomic E-state index is 0.396. The number of nitrogens with zero attached hydrogens (tertiary/aromatic N) is 1. The number of aryl methyl sites for hydroxylation is 3. The van der Waals surface area contributed by atoms with Crippen molar-refractivity contribution in [1.29, 1.82) is 0 Å². The number of fused-ring (bicyclic) bond motifs is 1. The highest BCUT2D eigenvalue weighted by molar-refractivity contribution is 6.04. The number of hydrogen-bond donors (Lipinski definition) is 2. The highest BCUT2D eigenvalue weighted by Crippen LogP contribution is 2.30. The van der Waals surface area contributed by atoms with Gasteiger partial charge in [0.15, 0.2) is 0 Å². The number of carboxylic acids is 1. The molecule has 0 amide bonds. The Balaban J connectivity index is 2.79. The maximum atomic E-state index is 11.6. The monoisotopic (exact) mass is 274 g/mol. The van der Waals surface area contributed by atoms with Crippen LogP contribution in [0.4, 0.5) is 0 Å². The Bertz CT molecular complexity index is 656. The molecule has 108 valence electrons. The van der Waals surface area contributed by atoms with Gasteiger partial charge in [-0.25, -0.2) is 4.79 Å². The van der Waals surface area contributed by atoms with Crippen molar-refractivity contribution >= 4 is 16.9 Å². The number of carboxylic acid groups (broad SMARTS) is 1. The molecule has 0 aliphatic rings. The van der Waals surface area contributed by atoms with Crippen LogP contribution in [0.1, 0.15) is 40.5 Å². The molecule has 1 aromatic carbocycles. The van der Waals surface area contributed by atoms with Gasteiger partial charge >= 0.3 is 5.97 Å². The van der Waals surface area contributed by atoms with E-state index in [0.717, 1.165) is 47.1 Å². The largest absolute Gasteiger partial charge is 0.478 e. The number of aromatic nitrogens is 1. The molecule has 0 unspecified atom stereocenters. The van der Waals surface area contributed by atoms with Crippen molar-refractivity contribution in [2.24, 2.45) is 5.73 Å². The number of benzene rings is 1. The second-order valence-corrected chi connectivity index (χ2v) is 5.20. The van der Waals surface area contributed by atoms with E-state index in [1.165, 1.54) is 0 Å². The maximum absolute atomic E-state index is 11.6. The smallest absolute Gasteiger partial charge is 0.337 e. The third-order valence-corrected chi connectivity index (χ3v) is 4.02. The molecule has 1 aromatic heterocycles. The Kier molecular flexibility index (Phi) is 4.14. The first kappa shape index (κ1) is 14.6. The third-order valence-electron chi connectivity index (χ3n) is 4.02. The molecule has 20 heavy (non-hydrogen) atoms. The summed E-state index contributed by atoms with van der Waals surface area (Å²) in [6.45, 7) is 7.51. The molecule has 0 saturated carbocycles. The van der Waals surface area contributed by atoms with Gasteiger partial charge < -0.3 is 15.4 Å². The van der Waals surface area contributed by atoms with Gasteiger partial charge in [0, 0.05) is 17.6 Å². The first-order chi connectivity index (χ1) is 9.51. The molecule has 2 aromatic rings. The molecule has 0 aliphatic heterocycles. The van der Waals surface area contributed by atoms with E-state index < -0.39 is 5.97 Å². The van der Waals surface area contributed by atoms with Crippen LogP contribution in [0.25, 0.3) is 10.9 Å². The molecule has 0 atom stereocenters. The van der Waals surface area contributed by atoms with Crippen molar-refractivity contribution in [1.82, 2.24) is 4.57 Å². The molecule has 1 heterocycles. The predicted octanol–water partition coefficient (Wildman–Crippen LogP) is 2.87. The standard InChI is InChI=1S/C16H22N2O2/c1-4-12-8-13-10(2)11(3)18(7-5-6-17)15(13)14(9-12)16(19)20/h8-9H,4-7,17H2,1-3H3,(H,19,20). The van der Waals surface area contributed by atoms with Gasteiger partial charge in [0.2, 0.25) is 0 Å². The normalized spacial score (nSPS) is 11.2. The van der Waals surface area contributed by atoms with Crippen LogP contribution in [0.2, 0.25) is 0 Å². The van der Waals surface area contributed by atoms with Crippen molar-refractivity contribution in [3.05, 3.63) is 34.5 Å². The zero-order chi connectivity index (χ0) is 14.9. The van der Waals surface area contributed by atoms with Crippen LogP contribution < -0.4 is 5.73 Å². The highest BCUT2D eigenvalue weighted by Gasteiger charge is 2.18. The molecule has 0 fully saturated rings. The van der Waals surface area contributed by atoms with E-state index in [0.29, 0.717) is 12.1 Å². The molecule has 0 bridgehead atoms. The Morgan fingerprint density at radius 1 is 1.35 bits per heavy atom. The Morgan fingerprint density at radius 3 is 2.60 bits per heavy atom. The highest BCUT2D eigenvalue weighted by atomic mass is 16.4. The quantitative estimate of drug-likeness (QED) is 0.881. The summed E-state index contributed by atoms with van der Waals surface area (Å²) in [6.07, 6.45) is 1.68. The summed E-state index contributed by atoms with van der Waals surface area (Å²) >= 11 is 0. The average molecular weight is 274 g/mol. The SMILES string of the molecule is CCc1cc(C(=O)O)c2c(c1)c(C)c(C)n2CCCN. The van der Waals surface area contributed by atoms with Crippen LogP contribution in [0.3, 0.4) is 0 Å². The first-order valence-electron chi connectivity index (χ1n) is 7.06. The van der Waals surface area contributed by atoms with Gasteiger partial charge in [-0.1, -0.05) is 6.92 Å². The fourth-order valence-electron chi connectivity index (χ4n) is 2.73. The topological polar surface area (TPSA) is 68.2 Å². The lowest BCUT2D eigenvalue weighted by atomic mass is 10.0. The van der Waals surface area contributed by atoms with Crippen LogP contribution >= 0.6 is 0 Å². The fraction of sp³-hybridized carbons (Fsp3) is 0.438. The summed E-state index contributed by atoms with van der Waals surface area (Å²) < 4.78 is 2.10. The molecule has 2 rings (SSSR count). The van der Waals surface area contributed by atoms with E-state index in [1.807, 2.05) is 13.8 Å². The summed E-state index contributed by atoms with van der Waals surface area (Å²) in [4.78, 5) is 11.6. The van der Waals surface area contributed by atoms with Crippen molar-refractivity contribution in [3.8, 4) is 0 Å². The Hall–Kier alpha value is -1.81. The summed E-state index contributed by atoms with van der Waals surface area (Å²) in [7, 11) is 0. The van der Waals surface area contributed by atoms with Crippen LogP contribution in [0, 0.1) is 13.8 Å². The van der Waals surface area contributed by atoms with E-state index in [4.69, 9.17) is 5.73 Å². The number of rotatable bonds is 5. The first-order valence-corrected chi connectivity index (χ1v) is 7.06. The third kappa shape index (κ3) is 2.31. The number of nitrogens with two attached hydrogens (primary N) is 1. The average Bonchev–Trinajstić information content (AvgIpc) is 2.68. The lowest BCUT2D eigenvalue weighted by molar-refractivity contribution is 0.0698. The lowest BCUT2D eigenvalue weighted by Gasteiger charge is -2.10. The van der Waals surface area contributed by atoms with E-state index in [2.05, 4.69) is 17.6 Å². The lowest BCUT2D eigenvalue weighted by Crippen LogP contribution is -2.09. The van der Waals surface area contributed by atoms with Crippen molar-refractivity contribution in [2.75, 3.05) is 6.54 Å². The van der Waals surface area contributed by atoms with E-state index >= 15 is 0 Å². The van der Waals surface area contributed by atoms with Crippen LogP contribution in [0.5, 0.6) is 0 Å². The van der Waals surface area contributed by atoms with E-state index in [1.54, 1.807) is 6.07 Å². The maximum Gasteiger partial charge on any atom is 0.337 e. The van der Waals surface area contributed by atoms with E-state index in [9.17, 15) is 9.90 Å². The van der Waals surface area contributed by atoms with Crippen LogP contribution in [-0.4, -0.2) is 22.2 Å². The molecule has 0 radical (unpaired) electrons. The van der Waals surface area contributed by atoms with E-state index in [-0.39, 0.29) is 0 Å². The van der Waals surface area contributed by atoms with Crippen LogP contribution in [0.15, 0.2) is 12.1 Å². The summed E-state index contributed by atoms with van der Waals surface area (Å²) in [5.74, 6) is -0.864. The summed E-state index contributed by atoms with van der Waals surface area (Å²) in [6, 6.07) is 3.91. The van der Waals surface area contributed by atoms with Crippen molar-refractivity contribution in [3.63, 3.8) is 0 Å². The Labute approximate surface area is 119 Å². The number of hydrogen-bond acceptors (Lipinski definition) is 2. The van der Waals surface area contributed by atoms with Gasteiger partial charge in [0.25, 0.3) is 0 Å². The molecular formula is C16H22N2O2. The molecule has 0 saturated heterocycles. The number of carbonyl (C=O) groups is 1. The second kappa shape index (κ2) is 5.67. The molecular weight excluding hydrogens is 252 g/mol. The van der Waals surface area contributed by atoms with Crippen molar-refractivity contribution in [2.45, 2.75) is 40.2 Å². The zero-order valence-corrected chi connectivity index (χ0v) is 12.4.